The highest BCUT2D eigenvalue weighted by Crippen LogP contribution is 2.12. The van der Waals surface area contributed by atoms with E-state index in [9.17, 15) is 18.4 Å². The maximum Gasteiger partial charge on any atom is 0.325 e. The third kappa shape index (κ3) is 4.31. The van der Waals surface area contributed by atoms with Crippen LogP contribution in [0.4, 0.5) is 8.78 Å². The van der Waals surface area contributed by atoms with Crippen LogP contribution < -0.4 is 0 Å². The van der Waals surface area contributed by atoms with Crippen molar-refractivity contribution >= 4 is 11.9 Å². The number of halogens is 2. The Morgan fingerprint density at radius 1 is 1.32 bits per heavy atom. The average molecular weight is 271 g/mol. The van der Waals surface area contributed by atoms with Gasteiger partial charge < -0.3 is 9.64 Å². The molecule has 0 radical (unpaired) electrons. The van der Waals surface area contributed by atoms with Gasteiger partial charge in [-0.3, -0.25) is 9.59 Å². The Hall–Kier alpha value is -1.98. The van der Waals surface area contributed by atoms with E-state index in [2.05, 4.69) is 4.74 Å². The van der Waals surface area contributed by atoms with Gasteiger partial charge in [0.25, 0.3) is 0 Å². The van der Waals surface area contributed by atoms with E-state index in [1.54, 1.807) is 6.92 Å². The maximum absolute atomic E-state index is 13.4. The molecule has 0 aliphatic carbocycles. The quantitative estimate of drug-likeness (QED) is 0.763. The van der Waals surface area contributed by atoms with Crippen LogP contribution >= 0.6 is 0 Å². The Bertz CT molecular complexity index is 477. The Morgan fingerprint density at radius 3 is 2.63 bits per heavy atom. The van der Waals surface area contributed by atoms with Gasteiger partial charge in [-0.25, -0.2) is 8.78 Å². The number of nitrogens with zero attached hydrogens (tertiary/aromatic N) is 1. The number of carbonyl (C=O) groups is 2. The summed E-state index contributed by atoms with van der Waals surface area (Å²) in [7, 11) is 1.40. The summed E-state index contributed by atoms with van der Waals surface area (Å²) in [5, 5.41) is 0. The fourth-order valence-corrected chi connectivity index (χ4v) is 1.47. The second-order valence-corrected chi connectivity index (χ2v) is 3.94. The molecular weight excluding hydrogens is 256 g/mol. The molecule has 1 aromatic rings. The number of hydrogen-bond acceptors (Lipinski definition) is 3. The molecule has 0 atom stereocenters. The first-order valence-corrected chi connectivity index (χ1v) is 5.78. The van der Waals surface area contributed by atoms with Crippen molar-refractivity contribution < 1.29 is 23.1 Å². The second-order valence-electron chi connectivity index (χ2n) is 3.94. The summed E-state index contributed by atoms with van der Waals surface area (Å²) in [5.74, 6) is -3.07. The van der Waals surface area contributed by atoms with Crippen molar-refractivity contribution in [2.45, 2.75) is 13.3 Å². The van der Waals surface area contributed by atoms with Crippen molar-refractivity contribution in [2.75, 3.05) is 20.2 Å². The van der Waals surface area contributed by atoms with E-state index in [0.717, 1.165) is 11.0 Å². The van der Waals surface area contributed by atoms with Gasteiger partial charge in [0.2, 0.25) is 5.91 Å². The standard InChI is InChI=1S/C13H15F2NO3/c1-3-19-12(18)8-16(2)11(17)7-9-5-4-6-10(14)13(9)15/h4-6H,3,7-8H2,1-2H3. The SMILES string of the molecule is CCOC(=O)CN(C)C(=O)Cc1cccc(F)c1F. The fourth-order valence-electron chi connectivity index (χ4n) is 1.47. The first kappa shape index (κ1) is 15.1. The normalized spacial score (nSPS) is 10.1. The lowest BCUT2D eigenvalue weighted by Crippen LogP contribution is -2.34. The summed E-state index contributed by atoms with van der Waals surface area (Å²) in [5.41, 5.74) is -0.0410. The van der Waals surface area contributed by atoms with Crippen LogP contribution in [0.1, 0.15) is 12.5 Å². The molecule has 6 heteroatoms. The molecule has 0 aliphatic rings. The minimum Gasteiger partial charge on any atom is -0.465 e. The number of likely N-dealkylation sites (N-methyl/N-ethyl adjacent to an activating group) is 1. The van der Waals surface area contributed by atoms with Gasteiger partial charge in [-0.15, -0.1) is 0 Å². The van der Waals surface area contributed by atoms with E-state index in [0.29, 0.717) is 0 Å². The highest BCUT2D eigenvalue weighted by Gasteiger charge is 2.17. The monoisotopic (exact) mass is 271 g/mol. The zero-order valence-electron chi connectivity index (χ0n) is 10.8. The lowest BCUT2D eigenvalue weighted by molar-refractivity contribution is -0.147. The van der Waals surface area contributed by atoms with Crippen LogP contribution in [0.5, 0.6) is 0 Å². The van der Waals surface area contributed by atoms with Gasteiger partial charge in [0.1, 0.15) is 6.54 Å². The molecule has 4 nitrogen and oxygen atoms in total. The molecule has 0 fully saturated rings. The van der Waals surface area contributed by atoms with E-state index >= 15 is 0 Å². The molecule has 0 spiro atoms. The number of rotatable bonds is 5. The van der Waals surface area contributed by atoms with Crippen molar-refractivity contribution in [3.05, 3.63) is 35.4 Å². The molecule has 1 rings (SSSR count). The molecule has 1 amide bonds. The molecule has 0 aliphatic heterocycles. The first-order chi connectivity index (χ1) is 8.95. The van der Waals surface area contributed by atoms with Gasteiger partial charge in [0, 0.05) is 12.6 Å². The predicted molar refractivity (Wildman–Crippen MR) is 64.3 cm³/mol. The first-order valence-electron chi connectivity index (χ1n) is 5.78. The molecule has 104 valence electrons. The number of hydrogen-bond donors (Lipinski definition) is 0. The molecule has 19 heavy (non-hydrogen) atoms. The molecule has 1 aromatic carbocycles. The number of esters is 1. The summed E-state index contributed by atoms with van der Waals surface area (Å²) < 4.78 is 31.0. The third-order valence-corrected chi connectivity index (χ3v) is 2.47. The Morgan fingerprint density at radius 2 is 2.00 bits per heavy atom. The summed E-state index contributed by atoms with van der Waals surface area (Å²) in [6.07, 6.45) is -0.306. The Kier molecular flexibility index (Phi) is 5.41. The molecular formula is C13H15F2NO3. The van der Waals surface area contributed by atoms with Gasteiger partial charge in [-0.05, 0) is 13.0 Å². The summed E-state index contributed by atoms with van der Waals surface area (Å²) >= 11 is 0. The van der Waals surface area contributed by atoms with Crippen LogP contribution in [-0.2, 0) is 20.7 Å². The highest BCUT2D eigenvalue weighted by atomic mass is 19.2. The van der Waals surface area contributed by atoms with Crippen LogP contribution in [0.3, 0.4) is 0 Å². The topological polar surface area (TPSA) is 46.6 Å². The van der Waals surface area contributed by atoms with Crippen molar-refractivity contribution in [1.29, 1.82) is 0 Å². The smallest absolute Gasteiger partial charge is 0.325 e. The van der Waals surface area contributed by atoms with Crippen LogP contribution in [0.2, 0.25) is 0 Å². The highest BCUT2D eigenvalue weighted by molar-refractivity contribution is 5.83. The van der Waals surface area contributed by atoms with Gasteiger partial charge >= 0.3 is 5.97 Å². The van der Waals surface area contributed by atoms with Crippen LogP contribution in [-0.4, -0.2) is 37.0 Å². The van der Waals surface area contributed by atoms with Gasteiger partial charge in [-0.1, -0.05) is 12.1 Å². The van der Waals surface area contributed by atoms with Crippen LogP contribution in [0.25, 0.3) is 0 Å². The average Bonchev–Trinajstić information content (AvgIpc) is 2.35. The molecule has 0 heterocycles. The van der Waals surface area contributed by atoms with E-state index in [-0.39, 0.29) is 25.1 Å². The van der Waals surface area contributed by atoms with E-state index in [1.807, 2.05) is 0 Å². The number of ether oxygens (including phenoxy) is 1. The minimum atomic E-state index is -1.04. The number of carbonyl (C=O) groups excluding carboxylic acids is 2. The summed E-state index contributed by atoms with van der Waals surface area (Å²) in [6, 6.07) is 3.63. The predicted octanol–water partition coefficient (Wildman–Crippen LogP) is 1.53. The van der Waals surface area contributed by atoms with Crippen molar-refractivity contribution in [1.82, 2.24) is 4.90 Å². The summed E-state index contributed by atoms with van der Waals surface area (Å²) in [4.78, 5) is 24.0. The van der Waals surface area contributed by atoms with Gasteiger partial charge in [0.05, 0.1) is 13.0 Å². The number of benzene rings is 1. The van der Waals surface area contributed by atoms with Crippen LogP contribution in [0.15, 0.2) is 18.2 Å². The van der Waals surface area contributed by atoms with Crippen molar-refractivity contribution in [3.8, 4) is 0 Å². The Balaban J connectivity index is 2.64. The lowest BCUT2D eigenvalue weighted by Gasteiger charge is -2.16. The Labute approximate surface area is 110 Å². The number of amides is 1. The largest absolute Gasteiger partial charge is 0.465 e. The van der Waals surface area contributed by atoms with Crippen molar-refractivity contribution in [2.24, 2.45) is 0 Å². The minimum absolute atomic E-state index is 0.0410. The third-order valence-electron chi connectivity index (χ3n) is 2.47. The lowest BCUT2D eigenvalue weighted by atomic mass is 10.1. The zero-order valence-corrected chi connectivity index (χ0v) is 10.8. The van der Waals surface area contributed by atoms with E-state index < -0.39 is 23.5 Å². The van der Waals surface area contributed by atoms with Crippen LogP contribution in [0, 0.1) is 11.6 Å². The molecule has 0 N–H and O–H groups in total. The van der Waals surface area contributed by atoms with Crippen molar-refractivity contribution in [3.63, 3.8) is 0 Å². The maximum atomic E-state index is 13.4. The summed E-state index contributed by atoms with van der Waals surface area (Å²) in [6.45, 7) is 1.66. The molecule has 0 saturated heterocycles. The zero-order chi connectivity index (χ0) is 14.4. The molecule has 0 saturated carbocycles. The molecule has 0 aromatic heterocycles. The van der Waals surface area contributed by atoms with E-state index in [1.165, 1.54) is 19.2 Å². The fraction of sp³-hybridized carbons (Fsp3) is 0.385. The van der Waals surface area contributed by atoms with Gasteiger partial charge in [-0.2, -0.15) is 0 Å². The van der Waals surface area contributed by atoms with E-state index in [4.69, 9.17) is 0 Å². The van der Waals surface area contributed by atoms with Gasteiger partial charge in [0.15, 0.2) is 11.6 Å². The molecule has 0 unspecified atom stereocenters. The second kappa shape index (κ2) is 6.82. The molecule has 0 bridgehead atoms.